The number of fused-ring (bicyclic) bond motifs is 1. The average Bonchev–Trinajstić information content (AvgIpc) is 3.46. The summed E-state index contributed by atoms with van der Waals surface area (Å²) < 4.78 is 5.04. The van der Waals surface area contributed by atoms with Gasteiger partial charge in [-0.2, -0.15) is 0 Å². The Balaban J connectivity index is 1.40. The number of anilines is 1. The quantitative estimate of drug-likeness (QED) is 0.483. The van der Waals surface area contributed by atoms with Crippen LogP contribution in [0.25, 0.3) is 0 Å². The van der Waals surface area contributed by atoms with Crippen LogP contribution in [0.5, 0.6) is 0 Å². The van der Waals surface area contributed by atoms with E-state index in [0.717, 1.165) is 36.8 Å². The number of hydrogen-bond donors (Lipinski definition) is 3. The first kappa shape index (κ1) is 21.8. The number of hydrogen-bond acceptors (Lipinski definition) is 5. The summed E-state index contributed by atoms with van der Waals surface area (Å²) in [6.07, 6.45) is 5.41. The molecule has 1 aliphatic carbocycles. The first-order valence-electron chi connectivity index (χ1n) is 10.7. The Hall–Kier alpha value is -3.39. The van der Waals surface area contributed by atoms with E-state index in [4.69, 9.17) is 4.42 Å². The smallest absolute Gasteiger partial charge is 0.286 e. The molecular formula is C24H25N3O4S. The molecule has 3 amide bonds. The van der Waals surface area contributed by atoms with E-state index < -0.39 is 0 Å². The zero-order valence-electron chi connectivity index (χ0n) is 17.6. The first-order chi connectivity index (χ1) is 15.6. The van der Waals surface area contributed by atoms with E-state index in [-0.39, 0.29) is 36.4 Å². The van der Waals surface area contributed by atoms with Crippen LogP contribution in [0.3, 0.4) is 0 Å². The molecule has 0 radical (unpaired) electrons. The third-order valence-corrected chi connectivity index (χ3v) is 6.54. The number of aryl methyl sites for hydroxylation is 1. The van der Waals surface area contributed by atoms with Crippen molar-refractivity contribution in [1.82, 2.24) is 10.6 Å². The molecule has 0 saturated carbocycles. The Kier molecular flexibility index (Phi) is 7.01. The van der Waals surface area contributed by atoms with Crippen LogP contribution in [0.2, 0.25) is 0 Å². The van der Waals surface area contributed by atoms with Crippen molar-refractivity contribution in [2.24, 2.45) is 0 Å². The summed E-state index contributed by atoms with van der Waals surface area (Å²) in [6, 6.07) is 12.9. The predicted octanol–water partition coefficient (Wildman–Crippen LogP) is 3.91. The molecule has 0 unspecified atom stereocenters. The molecule has 0 saturated heterocycles. The maximum Gasteiger partial charge on any atom is 0.286 e. The van der Waals surface area contributed by atoms with E-state index in [1.165, 1.54) is 22.5 Å². The molecule has 0 atom stereocenters. The van der Waals surface area contributed by atoms with E-state index in [9.17, 15) is 14.4 Å². The fourth-order valence-corrected chi connectivity index (χ4v) is 5.04. The summed E-state index contributed by atoms with van der Waals surface area (Å²) >= 11 is 1.48. The van der Waals surface area contributed by atoms with Gasteiger partial charge in [-0.25, -0.2) is 0 Å². The molecule has 7 nitrogen and oxygen atoms in total. The molecule has 0 fully saturated rings. The molecule has 3 N–H and O–H groups in total. The van der Waals surface area contributed by atoms with Crippen LogP contribution in [0, 0.1) is 0 Å². The molecule has 0 spiro atoms. The van der Waals surface area contributed by atoms with Crippen LogP contribution in [-0.2, 0) is 24.2 Å². The van der Waals surface area contributed by atoms with Crippen LogP contribution in [0.4, 0.5) is 5.00 Å². The van der Waals surface area contributed by atoms with Crippen molar-refractivity contribution >= 4 is 34.1 Å². The van der Waals surface area contributed by atoms with E-state index >= 15 is 0 Å². The van der Waals surface area contributed by atoms with Crippen LogP contribution in [-0.4, -0.2) is 24.3 Å². The average molecular weight is 452 g/mol. The van der Waals surface area contributed by atoms with Gasteiger partial charge in [-0.05, 0) is 48.9 Å². The summed E-state index contributed by atoms with van der Waals surface area (Å²) in [5.41, 5.74) is 2.64. The van der Waals surface area contributed by atoms with Gasteiger partial charge in [0, 0.05) is 24.4 Å². The third-order valence-electron chi connectivity index (χ3n) is 5.33. The van der Waals surface area contributed by atoms with Crippen molar-refractivity contribution < 1.29 is 18.8 Å². The molecule has 8 heteroatoms. The van der Waals surface area contributed by atoms with Crippen LogP contribution < -0.4 is 16.0 Å². The lowest BCUT2D eigenvalue weighted by Gasteiger charge is -2.13. The Morgan fingerprint density at radius 2 is 1.75 bits per heavy atom. The minimum atomic E-state index is -0.365. The summed E-state index contributed by atoms with van der Waals surface area (Å²) in [5.74, 6) is -0.584. The Labute approximate surface area is 190 Å². The van der Waals surface area contributed by atoms with Crippen molar-refractivity contribution in [2.75, 3.05) is 11.9 Å². The number of thiophene rings is 1. The molecule has 1 aliphatic rings. The highest BCUT2D eigenvalue weighted by Crippen LogP contribution is 2.38. The molecule has 2 aromatic heterocycles. The lowest BCUT2D eigenvalue weighted by Crippen LogP contribution is -2.28. The lowest BCUT2D eigenvalue weighted by atomic mass is 9.95. The SMILES string of the molecule is O=C(CCNC(=O)c1ccco1)Nc1sc2c(c1C(=O)NCc1ccccc1)CCCC2. The maximum atomic E-state index is 13.1. The minimum Gasteiger partial charge on any atom is -0.459 e. The Bertz CT molecular complexity index is 1090. The summed E-state index contributed by atoms with van der Waals surface area (Å²) in [7, 11) is 0. The van der Waals surface area contributed by atoms with Crippen molar-refractivity contribution in [3.63, 3.8) is 0 Å². The number of furan rings is 1. The standard InChI is InChI=1S/C24H25N3O4S/c28-20(12-13-25-22(29)18-10-6-14-31-18)27-24-21(17-9-4-5-11-19(17)32-24)23(30)26-15-16-7-2-1-3-8-16/h1-3,6-8,10,14H,4-5,9,11-13,15H2,(H,25,29)(H,26,30)(H,27,28). The second kappa shape index (κ2) is 10.3. The highest BCUT2D eigenvalue weighted by atomic mass is 32.1. The maximum absolute atomic E-state index is 13.1. The molecular weight excluding hydrogens is 426 g/mol. The van der Waals surface area contributed by atoms with Crippen molar-refractivity contribution in [3.8, 4) is 0 Å². The van der Waals surface area contributed by atoms with E-state index in [1.54, 1.807) is 12.1 Å². The van der Waals surface area contributed by atoms with Gasteiger partial charge in [0.05, 0.1) is 11.8 Å². The van der Waals surface area contributed by atoms with Crippen molar-refractivity contribution in [1.29, 1.82) is 0 Å². The van der Waals surface area contributed by atoms with Gasteiger partial charge in [-0.15, -0.1) is 11.3 Å². The van der Waals surface area contributed by atoms with E-state index in [1.807, 2.05) is 30.3 Å². The topological polar surface area (TPSA) is 100 Å². The van der Waals surface area contributed by atoms with Gasteiger partial charge >= 0.3 is 0 Å². The molecule has 3 aromatic rings. The molecule has 0 aliphatic heterocycles. The number of carbonyl (C=O) groups excluding carboxylic acids is 3. The normalized spacial score (nSPS) is 12.6. The minimum absolute atomic E-state index is 0.0973. The van der Waals surface area contributed by atoms with Crippen molar-refractivity contribution in [2.45, 2.75) is 38.6 Å². The van der Waals surface area contributed by atoms with Gasteiger partial charge in [-0.3, -0.25) is 14.4 Å². The highest BCUT2D eigenvalue weighted by Gasteiger charge is 2.26. The van der Waals surface area contributed by atoms with Gasteiger partial charge < -0.3 is 20.4 Å². The summed E-state index contributed by atoms with van der Waals surface area (Å²) in [4.78, 5) is 38.7. The zero-order chi connectivity index (χ0) is 22.3. The molecule has 1 aromatic carbocycles. The number of carbonyl (C=O) groups is 3. The largest absolute Gasteiger partial charge is 0.459 e. The van der Waals surface area contributed by atoms with E-state index in [2.05, 4.69) is 16.0 Å². The predicted molar refractivity (Wildman–Crippen MR) is 123 cm³/mol. The zero-order valence-corrected chi connectivity index (χ0v) is 18.4. The van der Waals surface area contributed by atoms with Gasteiger partial charge in [0.1, 0.15) is 5.00 Å². The highest BCUT2D eigenvalue weighted by molar-refractivity contribution is 7.17. The van der Waals surface area contributed by atoms with Gasteiger partial charge in [-0.1, -0.05) is 30.3 Å². The van der Waals surface area contributed by atoms with Crippen LogP contribution in [0.1, 0.15) is 56.2 Å². The molecule has 166 valence electrons. The number of benzene rings is 1. The number of nitrogens with one attached hydrogen (secondary N) is 3. The molecule has 2 heterocycles. The summed E-state index contributed by atoms with van der Waals surface area (Å²) in [5, 5.41) is 9.13. The Morgan fingerprint density at radius 1 is 0.938 bits per heavy atom. The third kappa shape index (κ3) is 5.26. The number of amides is 3. The van der Waals surface area contributed by atoms with Crippen LogP contribution in [0.15, 0.2) is 53.1 Å². The van der Waals surface area contributed by atoms with Crippen LogP contribution >= 0.6 is 11.3 Å². The molecule has 32 heavy (non-hydrogen) atoms. The second-order valence-electron chi connectivity index (χ2n) is 7.61. The monoisotopic (exact) mass is 451 g/mol. The van der Waals surface area contributed by atoms with Gasteiger partial charge in [0.15, 0.2) is 5.76 Å². The van der Waals surface area contributed by atoms with Gasteiger partial charge in [0.25, 0.3) is 11.8 Å². The van der Waals surface area contributed by atoms with Gasteiger partial charge in [0.2, 0.25) is 5.91 Å². The lowest BCUT2D eigenvalue weighted by molar-refractivity contribution is -0.116. The summed E-state index contributed by atoms with van der Waals surface area (Å²) in [6.45, 7) is 0.600. The molecule has 0 bridgehead atoms. The Morgan fingerprint density at radius 3 is 2.53 bits per heavy atom. The molecule has 4 rings (SSSR count). The fraction of sp³-hybridized carbons (Fsp3) is 0.292. The fourth-order valence-electron chi connectivity index (χ4n) is 3.73. The van der Waals surface area contributed by atoms with E-state index in [0.29, 0.717) is 17.1 Å². The first-order valence-corrected chi connectivity index (χ1v) is 11.5. The number of rotatable bonds is 8. The van der Waals surface area contributed by atoms with Crippen molar-refractivity contribution in [3.05, 3.63) is 76.1 Å². The second-order valence-corrected chi connectivity index (χ2v) is 8.72.